The van der Waals surface area contributed by atoms with Gasteiger partial charge in [0.1, 0.15) is 5.58 Å². The highest BCUT2D eigenvalue weighted by Gasteiger charge is 2.24. The molecule has 0 unspecified atom stereocenters. The fraction of sp³-hybridized carbons (Fsp3) is 0.182. The number of carbonyl (C=O) groups excluding carboxylic acids is 1. The second kappa shape index (κ2) is 6.43. The largest absolute Gasteiger partial charge is 0.489 e. The smallest absolute Gasteiger partial charge is 0.256 e. The molecule has 4 aromatic rings. The average Bonchev–Trinajstić information content (AvgIpc) is 3.45. The van der Waals surface area contributed by atoms with Gasteiger partial charge in [0.25, 0.3) is 5.91 Å². The standard InChI is InChI=1S/C22H18N2O3/c25-22(24-15-4-3-11-23-12-15)17-9-10-19(26-13-14-7-8-14)21-20(17)16-5-1-2-6-18(16)27-21/h1-6,9-12,14H,7-8,13H2,(H,24,25). The van der Waals surface area contributed by atoms with E-state index in [1.807, 2.05) is 36.4 Å². The van der Waals surface area contributed by atoms with Crippen molar-refractivity contribution in [2.24, 2.45) is 5.92 Å². The Morgan fingerprint density at radius 1 is 1.15 bits per heavy atom. The molecule has 0 radical (unpaired) electrons. The second-order valence-corrected chi connectivity index (χ2v) is 6.86. The zero-order valence-electron chi connectivity index (χ0n) is 14.6. The summed E-state index contributed by atoms with van der Waals surface area (Å²) < 4.78 is 12.1. The van der Waals surface area contributed by atoms with Crippen LogP contribution in [0.5, 0.6) is 5.75 Å². The number of carbonyl (C=O) groups is 1. The van der Waals surface area contributed by atoms with E-state index in [1.54, 1.807) is 24.5 Å². The van der Waals surface area contributed by atoms with Crippen molar-refractivity contribution < 1.29 is 13.9 Å². The molecule has 2 aromatic heterocycles. The Morgan fingerprint density at radius 2 is 2.04 bits per heavy atom. The molecule has 5 heteroatoms. The predicted molar refractivity (Wildman–Crippen MR) is 104 cm³/mol. The van der Waals surface area contributed by atoms with E-state index in [4.69, 9.17) is 9.15 Å². The number of pyridine rings is 1. The fourth-order valence-corrected chi connectivity index (χ4v) is 3.23. The lowest BCUT2D eigenvalue weighted by Gasteiger charge is -2.09. The molecule has 1 saturated carbocycles. The monoisotopic (exact) mass is 358 g/mol. The Morgan fingerprint density at radius 3 is 2.85 bits per heavy atom. The molecule has 5 nitrogen and oxygen atoms in total. The molecule has 0 aliphatic heterocycles. The van der Waals surface area contributed by atoms with Crippen LogP contribution in [-0.4, -0.2) is 17.5 Å². The molecule has 0 atom stereocenters. The van der Waals surface area contributed by atoms with Crippen molar-refractivity contribution in [2.75, 3.05) is 11.9 Å². The molecule has 1 amide bonds. The molecule has 0 spiro atoms. The van der Waals surface area contributed by atoms with Gasteiger partial charge in [0.15, 0.2) is 11.3 Å². The molecule has 1 aliphatic rings. The van der Waals surface area contributed by atoms with Gasteiger partial charge < -0.3 is 14.5 Å². The zero-order chi connectivity index (χ0) is 18.2. The van der Waals surface area contributed by atoms with Crippen LogP contribution in [0.3, 0.4) is 0 Å². The number of ether oxygens (including phenoxy) is 1. The summed E-state index contributed by atoms with van der Waals surface area (Å²) in [5, 5.41) is 4.58. The molecule has 27 heavy (non-hydrogen) atoms. The minimum absolute atomic E-state index is 0.201. The maximum Gasteiger partial charge on any atom is 0.256 e. The van der Waals surface area contributed by atoms with Crippen LogP contribution in [0.25, 0.3) is 21.9 Å². The van der Waals surface area contributed by atoms with E-state index in [0.717, 1.165) is 16.4 Å². The Kier molecular flexibility index (Phi) is 3.78. The van der Waals surface area contributed by atoms with E-state index in [1.165, 1.54) is 12.8 Å². The number of rotatable bonds is 5. The normalized spacial score (nSPS) is 13.8. The van der Waals surface area contributed by atoms with Crippen molar-refractivity contribution in [1.82, 2.24) is 4.98 Å². The average molecular weight is 358 g/mol. The Hall–Kier alpha value is -3.34. The molecule has 0 saturated heterocycles. The van der Waals surface area contributed by atoms with E-state index >= 15 is 0 Å². The number of nitrogens with zero attached hydrogens (tertiary/aromatic N) is 1. The fourth-order valence-electron chi connectivity index (χ4n) is 3.23. The molecule has 134 valence electrons. The summed E-state index contributed by atoms with van der Waals surface area (Å²) in [4.78, 5) is 17.0. The Balaban J connectivity index is 1.61. The molecule has 2 aromatic carbocycles. The number of nitrogens with one attached hydrogen (secondary N) is 1. The summed E-state index contributed by atoms with van der Waals surface area (Å²) in [5.74, 6) is 1.12. The quantitative estimate of drug-likeness (QED) is 0.544. The van der Waals surface area contributed by atoms with Crippen LogP contribution in [0, 0.1) is 5.92 Å². The first-order valence-corrected chi connectivity index (χ1v) is 9.08. The van der Waals surface area contributed by atoms with Gasteiger partial charge in [-0.2, -0.15) is 0 Å². The predicted octanol–water partition coefficient (Wildman–Crippen LogP) is 5.02. The molecule has 1 N–H and O–H groups in total. The third-order valence-corrected chi connectivity index (χ3v) is 4.83. The van der Waals surface area contributed by atoms with Crippen molar-refractivity contribution in [3.05, 3.63) is 66.5 Å². The van der Waals surface area contributed by atoms with Gasteiger partial charge in [-0.25, -0.2) is 0 Å². The first kappa shape index (κ1) is 15.9. The van der Waals surface area contributed by atoms with Crippen LogP contribution in [0.15, 0.2) is 65.3 Å². The van der Waals surface area contributed by atoms with Crippen LogP contribution >= 0.6 is 0 Å². The van der Waals surface area contributed by atoms with Gasteiger partial charge in [0.05, 0.1) is 24.1 Å². The van der Waals surface area contributed by atoms with Gasteiger partial charge in [-0.3, -0.25) is 9.78 Å². The lowest BCUT2D eigenvalue weighted by Crippen LogP contribution is -2.12. The van der Waals surface area contributed by atoms with Crippen molar-refractivity contribution in [2.45, 2.75) is 12.8 Å². The minimum Gasteiger partial charge on any atom is -0.489 e. The molecule has 1 aliphatic carbocycles. The van der Waals surface area contributed by atoms with Gasteiger partial charge in [0.2, 0.25) is 0 Å². The number of furan rings is 1. The van der Waals surface area contributed by atoms with Gasteiger partial charge >= 0.3 is 0 Å². The van der Waals surface area contributed by atoms with Crippen LogP contribution in [-0.2, 0) is 0 Å². The Labute approximate surface area is 156 Å². The van der Waals surface area contributed by atoms with Crippen molar-refractivity contribution in [3.63, 3.8) is 0 Å². The molecular formula is C22H18N2O3. The van der Waals surface area contributed by atoms with Crippen molar-refractivity contribution in [1.29, 1.82) is 0 Å². The van der Waals surface area contributed by atoms with E-state index in [2.05, 4.69) is 10.3 Å². The van der Waals surface area contributed by atoms with Crippen molar-refractivity contribution in [3.8, 4) is 5.75 Å². The number of aromatic nitrogens is 1. The van der Waals surface area contributed by atoms with Crippen LogP contribution < -0.4 is 10.1 Å². The SMILES string of the molecule is O=C(Nc1cccnc1)c1ccc(OCC2CC2)c2oc3ccccc3c12. The number of benzene rings is 2. The highest BCUT2D eigenvalue weighted by molar-refractivity contribution is 6.20. The lowest BCUT2D eigenvalue weighted by molar-refractivity contribution is 0.102. The van der Waals surface area contributed by atoms with Crippen LogP contribution in [0.1, 0.15) is 23.2 Å². The number of hydrogen-bond acceptors (Lipinski definition) is 4. The van der Waals surface area contributed by atoms with E-state index < -0.39 is 0 Å². The molecule has 0 bridgehead atoms. The third kappa shape index (κ3) is 3.01. The van der Waals surface area contributed by atoms with Crippen LogP contribution in [0.4, 0.5) is 5.69 Å². The number of fused-ring (bicyclic) bond motifs is 3. The number of para-hydroxylation sites is 1. The maximum atomic E-state index is 12.9. The van der Waals surface area contributed by atoms with Crippen LogP contribution in [0.2, 0.25) is 0 Å². The molecule has 1 fully saturated rings. The first-order valence-electron chi connectivity index (χ1n) is 9.08. The summed E-state index contributed by atoms with van der Waals surface area (Å²) in [6.07, 6.45) is 5.73. The highest BCUT2D eigenvalue weighted by atomic mass is 16.5. The van der Waals surface area contributed by atoms with Gasteiger partial charge in [0, 0.05) is 17.0 Å². The van der Waals surface area contributed by atoms with E-state index in [0.29, 0.717) is 35.1 Å². The van der Waals surface area contributed by atoms with E-state index in [-0.39, 0.29) is 5.91 Å². The maximum absolute atomic E-state index is 12.9. The van der Waals surface area contributed by atoms with E-state index in [9.17, 15) is 4.79 Å². The third-order valence-electron chi connectivity index (χ3n) is 4.83. The van der Waals surface area contributed by atoms with Crippen molar-refractivity contribution >= 4 is 33.5 Å². The summed E-state index contributed by atoms with van der Waals surface area (Å²) in [6.45, 7) is 0.688. The molecule has 2 heterocycles. The number of anilines is 1. The highest BCUT2D eigenvalue weighted by Crippen LogP contribution is 2.38. The first-order chi connectivity index (χ1) is 13.3. The molecular weight excluding hydrogens is 340 g/mol. The van der Waals surface area contributed by atoms with Gasteiger partial charge in [-0.1, -0.05) is 18.2 Å². The summed E-state index contributed by atoms with van der Waals surface area (Å²) >= 11 is 0. The zero-order valence-corrected chi connectivity index (χ0v) is 14.6. The minimum atomic E-state index is -0.201. The lowest BCUT2D eigenvalue weighted by atomic mass is 10.0. The number of hydrogen-bond donors (Lipinski definition) is 1. The summed E-state index contributed by atoms with van der Waals surface area (Å²) in [6, 6.07) is 15.0. The molecule has 5 rings (SSSR count). The second-order valence-electron chi connectivity index (χ2n) is 6.86. The summed E-state index contributed by atoms with van der Waals surface area (Å²) in [7, 11) is 0. The number of amides is 1. The van der Waals surface area contributed by atoms with Gasteiger partial charge in [-0.05, 0) is 49.1 Å². The van der Waals surface area contributed by atoms with Gasteiger partial charge in [-0.15, -0.1) is 0 Å². The topological polar surface area (TPSA) is 64.4 Å². The summed E-state index contributed by atoms with van der Waals surface area (Å²) in [5.41, 5.74) is 2.57. The Bertz CT molecular complexity index is 1130.